The molecule has 1 aliphatic carbocycles. The van der Waals surface area contributed by atoms with Crippen molar-refractivity contribution in [2.75, 3.05) is 0 Å². The maximum Gasteiger partial charge on any atom is 0.104 e. The van der Waals surface area contributed by atoms with Gasteiger partial charge in [0.2, 0.25) is 0 Å². The summed E-state index contributed by atoms with van der Waals surface area (Å²) in [7, 11) is 0. The molecule has 3 heteroatoms. The fourth-order valence-corrected chi connectivity index (χ4v) is 1.83. The smallest absolute Gasteiger partial charge is 0.104 e. The van der Waals surface area contributed by atoms with Crippen molar-refractivity contribution in [2.45, 2.75) is 25.4 Å². The van der Waals surface area contributed by atoms with E-state index in [2.05, 4.69) is 9.97 Å². The molecule has 3 nitrogen and oxygen atoms in total. The zero-order valence-electron chi connectivity index (χ0n) is 8.04. The zero-order chi connectivity index (χ0) is 9.76. The lowest BCUT2D eigenvalue weighted by Gasteiger charge is -2.06. The lowest BCUT2D eigenvalue weighted by atomic mass is 10.1. The van der Waals surface area contributed by atoms with Gasteiger partial charge in [-0.2, -0.15) is 0 Å². The van der Waals surface area contributed by atoms with E-state index in [1.165, 1.54) is 0 Å². The maximum absolute atomic E-state index is 9.93. The van der Waals surface area contributed by atoms with Crippen molar-refractivity contribution in [3.8, 4) is 0 Å². The van der Waals surface area contributed by atoms with Gasteiger partial charge in [0.1, 0.15) is 5.82 Å². The van der Waals surface area contributed by atoms with E-state index in [1.807, 2.05) is 25.1 Å². The molecule has 1 heterocycles. The number of imidazole rings is 1. The van der Waals surface area contributed by atoms with Gasteiger partial charge in [0.25, 0.3) is 0 Å². The first kappa shape index (κ1) is 8.00. The minimum Gasteiger partial charge on any atom is -0.385 e. The van der Waals surface area contributed by atoms with Crippen LogP contribution in [0, 0.1) is 6.92 Å². The molecule has 1 aliphatic rings. The average molecular weight is 188 g/mol. The van der Waals surface area contributed by atoms with Crippen LogP contribution in [0.15, 0.2) is 18.2 Å². The van der Waals surface area contributed by atoms with Crippen LogP contribution in [0.1, 0.15) is 24.2 Å². The third-order valence-corrected chi connectivity index (χ3v) is 2.86. The quantitative estimate of drug-likeness (QED) is 0.717. The fraction of sp³-hybridized carbons (Fsp3) is 0.364. The lowest BCUT2D eigenvalue weighted by Crippen LogP contribution is -2.03. The van der Waals surface area contributed by atoms with E-state index in [0.29, 0.717) is 0 Å². The van der Waals surface area contributed by atoms with Crippen molar-refractivity contribution in [1.29, 1.82) is 0 Å². The standard InChI is InChI=1S/C11H12N2O/c1-7-12-9-3-2-8(6-10(9)13-7)11(14)4-5-11/h2-3,6,14H,4-5H2,1H3,(H,12,13). The van der Waals surface area contributed by atoms with Gasteiger partial charge < -0.3 is 10.1 Å². The van der Waals surface area contributed by atoms with Crippen LogP contribution < -0.4 is 0 Å². The molecule has 0 spiro atoms. The van der Waals surface area contributed by atoms with Gasteiger partial charge in [0, 0.05) is 0 Å². The molecule has 0 aliphatic heterocycles. The first-order chi connectivity index (χ1) is 6.67. The molecule has 1 saturated carbocycles. The minimum absolute atomic E-state index is 0.548. The Bertz CT molecular complexity index is 497. The minimum atomic E-state index is -0.548. The monoisotopic (exact) mass is 188 g/mol. The second-order valence-electron chi connectivity index (χ2n) is 4.09. The van der Waals surface area contributed by atoms with Gasteiger partial charge in [-0.25, -0.2) is 4.98 Å². The summed E-state index contributed by atoms with van der Waals surface area (Å²) in [6.07, 6.45) is 1.76. The SMILES string of the molecule is Cc1nc2ccc(C3(O)CC3)cc2[nH]1. The van der Waals surface area contributed by atoms with Gasteiger partial charge in [-0.15, -0.1) is 0 Å². The van der Waals surface area contributed by atoms with Crippen molar-refractivity contribution in [3.63, 3.8) is 0 Å². The summed E-state index contributed by atoms with van der Waals surface area (Å²) < 4.78 is 0. The summed E-state index contributed by atoms with van der Waals surface area (Å²) in [6.45, 7) is 1.94. The van der Waals surface area contributed by atoms with Gasteiger partial charge in [-0.1, -0.05) is 6.07 Å². The molecule has 0 radical (unpaired) electrons. The number of H-pyrrole nitrogens is 1. The summed E-state index contributed by atoms with van der Waals surface area (Å²) >= 11 is 0. The molecule has 1 fully saturated rings. The molecule has 2 N–H and O–H groups in total. The molecule has 1 aromatic carbocycles. The zero-order valence-corrected chi connectivity index (χ0v) is 8.04. The van der Waals surface area contributed by atoms with Crippen molar-refractivity contribution in [2.24, 2.45) is 0 Å². The van der Waals surface area contributed by atoms with Gasteiger partial charge in [0.05, 0.1) is 16.6 Å². The number of hydrogen-bond acceptors (Lipinski definition) is 2. The largest absolute Gasteiger partial charge is 0.385 e. The fourth-order valence-electron chi connectivity index (χ4n) is 1.83. The second-order valence-corrected chi connectivity index (χ2v) is 4.09. The third-order valence-electron chi connectivity index (χ3n) is 2.86. The predicted molar refractivity (Wildman–Crippen MR) is 54.0 cm³/mol. The van der Waals surface area contributed by atoms with Crippen LogP contribution in [0.25, 0.3) is 11.0 Å². The molecule has 0 unspecified atom stereocenters. The molecular weight excluding hydrogens is 176 g/mol. The Hall–Kier alpha value is -1.35. The molecule has 2 aromatic rings. The molecule has 0 atom stereocenters. The summed E-state index contributed by atoms with van der Waals surface area (Å²) in [5.41, 5.74) is 2.44. The molecule has 0 bridgehead atoms. The molecule has 0 amide bonds. The van der Waals surface area contributed by atoms with Crippen LogP contribution in [0.4, 0.5) is 0 Å². The van der Waals surface area contributed by atoms with E-state index in [4.69, 9.17) is 0 Å². The van der Waals surface area contributed by atoms with Crippen molar-refractivity contribution >= 4 is 11.0 Å². The molecule has 1 aromatic heterocycles. The van der Waals surface area contributed by atoms with Crippen molar-refractivity contribution in [3.05, 3.63) is 29.6 Å². The van der Waals surface area contributed by atoms with Gasteiger partial charge in [-0.05, 0) is 37.5 Å². The Balaban J connectivity index is 2.19. The van der Waals surface area contributed by atoms with E-state index < -0.39 is 5.60 Å². The lowest BCUT2D eigenvalue weighted by molar-refractivity contribution is 0.151. The van der Waals surface area contributed by atoms with Gasteiger partial charge in [-0.3, -0.25) is 0 Å². The number of fused-ring (bicyclic) bond motifs is 1. The Labute approximate surface area is 81.8 Å². The topological polar surface area (TPSA) is 48.9 Å². The molecular formula is C11H12N2O. The number of hydrogen-bond donors (Lipinski definition) is 2. The van der Waals surface area contributed by atoms with Crippen LogP contribution in [0.5, 0.6) is 0 Å². The van der Waals surface area contributed by atoms with Crippen LogP contribution in [-0.2, 0) is 5.60 Å². The van der Waals surface area contributed by atoms with E-state index >= 15 is 0 Å². The molecule has 72 valence electrons. The highest BCUT2D eigenvalue weighted by atomic mass is 16.3. The number of rotatable bonds is 1. The average Bonchev–Trinajstić information content (AvgIpc) is 2.79. The summed E-state index contributed by atoms with van der Waals surface area (Å²) in [5.74, 6) is 0.917. The van der Waals surface area contributed by atoms with Crippen LogP contribution in [0.2, 0.25) is 0 Å². The Kier molecular flexibility index (Phi) is 1.35. The Morgan fingerprint density at radius 2 is 2.21 bits per heavy atom. The first-order valence-corrected chi connectivity index (χ1v) is 4.87. The van der Waals surface area contributed by atoms with Gasteiger partial charge >= 0.3 is 0 Å². The van der Waals surface area contributed by atoms with Crippen LogP contribution in [0.3, 0.4) is 0 Å². The molecule has 0 saturated heterocycles. The number of aromatic amines is 1. The van der Waals surface area contributed by atoms with Gasteiger partial charge in [0.15, 0.2) is 0 Å². The van der Waals surface area contributed by atoms with E-state index in [0.717, 1.165) is 35.3 Å². The number of nitrogens with zero attached hydrogens (tertiary/aromatic N) is 1. The maximum atomic E-state index is 9.93. The second kappa shape index (κ2) is 2.36. The highest BCUT2D eigenvalue weighted by Crippen LogP contribution is 2.45. The van der Waals surface area contributed by atoms with Crippen LogP contribution in [-0.4, -0.2) is 15.1 Å². The van der Waals surface area contributed by atoms with E-state index in [-0.39, 0.29) is 0 Å². The predicted octanol–water partition coefficient (Wildman–Crippen LogP) is 1.85. The highest BCUT2D eigenvalue weighted by Gasteiger charge is 2.42. The Morgan fingerprint density at radius 1 is 1.43 bits per heavy atom. The normalized spacial score (nSPS) is 18.7. The third kappa shape index (κ3) is 1.06. The number of benzene rings is 1. The number of aryl methyl sites for hydroxylation is 1. The van der Waals surface area contributed by atoms with Crippen LogP contribution >= 0.6 is 0 Å². The number of aromatic nitrogens is 2. The van der Waals surface area contributed by atoms with Crippen molar-refractivity contribution < 1.29 is 5.11 Å². The molecule has 3 rings (SSSR count). The van der Waals surface area contributed by atoms with E-state index in [9.17, 15) is 5.11 Å². The number of nitrogens with one attached hydrogen (secondary N) is 1. The summed E-state index contributed by atoms with van der Waals surface area (Å²) in [4.78, 5) is 7.50. The highest BCUT2D eigenvalue weighted by molar-refractivity contribution is 5.76. The Morgan fingerprint density at radius 3 is 2.93 bits per heavy atom. The summed E-state index contributed by atoms with van der Waals surface area (Å²) in [6, 6.07) is 5.93. The van der Waals surface area contributed by atoms with Crippen molar-refractivity contribution in [1.82, 2.24) is 9.97 Å². The number of aliphatic hydroxyl groups is 1. The first-order valence-electron chi connectivity index (χ1n) is 4.87. The summed E-state index contributed by atoms with van der Waals surface area (Å²) in [5, 5.41) is 9.93. The van der Waals surface area contributed by atoms with E-state index in [1.54, 1.807) is 0 Å². The molecule has 14 heavy (non-hydrogen) atoms.